The van der Waals surface area contributed by atoms with Gasteiger partial charge in [-0.15, -0.1) is 0 Å². The van der Waals surface area contributed by atoms with Gasteiger partial charge in [0.05, 0.1) is 13.1 Å². The Morgan fingerprint density at radius 3 is 2.40 bits per heavy atom. The second kappa shape index (κ2) is 6.92. The molecule has 0 amide bonds. The fraction of sp³-hybridized carbons (Fsp3) is 0.556. The molecule has 20 heavy (non-hydrogen) atoms. The maximum Gasteiger partial charge on any atom is 0.139 e. The minimum absolute atomic E-state index is 0.151. The van der Waals surface area contributed by atoms with E-state index in [-0.39, 0.29) is 5.92 Å². The molecule has 1 saturated heterocycles. The summed E-state index contributed by atoms with van der Waals surface area (Å²) >= 11 is 0. The van der Waals surface area contributed by atoms with Gasteiger partial charge in [-0.05, 0) is 17.4 Å². The van der Waals surface area contributed by atoms with Crippen molar-refractivity contribution < 1.29 is 10.0 Å². The summed E-state index contributed by atoms with van der Waals surface area (Å²) in [6, 6.07) is 9.92. The van der Waals surface area contributed by atoms with Crippen molar-refractivity contribution >= 4 is 0 Å². The summed E-state index contributed by atoms with van der Waals surface area (Å²) in [6.07, 6.45) is 3.18. The molecule has 1 heterocycles. The largest absolute Gasteiger partial charge is 0.384 e. The molecule has 1 atom stereocenters. The van der Waals surface area contributed by atoms with Crippen LogP contribution in [0.1, 0.15) is 38.7 Å². The van der Waals surface area contributed by atoms with Gasteiger partial charge < -0.3 is 10.0 Å². The van der Waals surface area contributed by atoms with Crippen LogP contribution in [0.5, 0.6) is 0 Å². The molecule has 2 nitrogen and oxygen atoms in total. The first kappa shape index (κ1) is 15.1. The van der Waals surface area contributed by atoms with Crippen LogP contribution in [0.4, 0.5) is 0 Å². The Bertz CT molecular complexity index is 465. The second-order valence-electron chi connectivity index (χ2n) is 6.11. The molecule has 2 heteroatoms. The van der Waals surface area contributed by atoms with Crippen molar-refractivity contribution in [2.45, 2.75) is 38.7 Å². The highest BCUT2D eigenvalue weighted by molar-refractivity contribution is 5.25. The molecule has 0 saturated carbocycles. The molecule has 0 aromatic heterocycles. The predicted octanol–water partition coefficient (Wildman–Crippen LogP) is 1.60. The molecule has 0 bridgehead atoms. The average Bonchev–Trinajstić information content (AvgIpc) is 2.97. The van der Waals surface area contributed by atoms with Crippen molar-refractivity contribution in [1.82, 2.24) is 0 Å². The molecule has 0 unspecified atom stereocenters. The molecule has 2 rings (SSSR count). The van der Waals surface area contributed by atoms with Crippen molar-refractivity contribution in [2.75, 3.05) is 19.6 Å². The minimum Gasteiger partial charge on any atom is -0.384 e. The van der Waals surface area contributed by atoms with E-state index >= 15 is 0 Å². The predicted molar refractivity (Wildman–Crippen MR) is 82.4 cm³/mol. The van der Waals surface area contributed by atoms with Crippen molar-refractivity contribution in [2.24, 2.45) is 5.92 Å². The zero-order valence-electron chi connectivity index (χ0n) is 12.7. The SMILES string of the molecule is CC(C)[C@](O)(CC#CC[NH+]1CCCC1)c1ccccc1. The van der Waals surface area contributed by atoms with E-state index in [1.165, 1.54) is 25.9 Å². The first-order chi connectivity index (χ1) is 9.63. The highest BCUT2D eigenvalue weighted by Crippen LogP contribution is 2.32. The van der Waals surface area contributed by atoms with Gasteiger partial charge in [-0.1, -0.05) is 50.1 Å². The molecular weight excluding hydrogens is 246 g/mol. The van der Waals surface area contributed by atoms with Gasteiger partial charge in [-0.2, -0.15) is 0 Å². The van der Waals surface area contributed by atoms with Crippen molar-refractivity contribution in [3.05, 3.63) is 35.9 Å². The smallest absolute Gasteiger partial charge is 0.139 e. The van der Waals surface area contributed by atoms with E-state index in [1.54, 1.807) is 4.90 Å². The van der Waals surface area contributed by atoms with Crippen molar-refractivity contribution in [3.8, 4) is 11.8 Å². The van der Waals surface area contributed by atoms with Gasteiger partial charge in [0.15, 0.2) is 0 Å². The third kappa shape index (κ3) is 3.62. The summed E-state index contributed by atoms with van der Waals surface area (Å²) in [5, 5.41) is 10.9. The molecule has 1 aliphatic rings. The zero-order valence-corrected chi connectivity index (χ0v) is 12.7. The lowest BCUT2D eigenvalue weighted by Gasteiger charge is -2.31. The van der Waals surface area contributed by atoms with Gasteiger partial charge in [0.1, 0.15) is 12.1 Å². The summed E-state index contributed by atoms with van der Waals surface area (Å²) in [5.41, 5.74) is 0.132. The fourth-order valence-electron chi connectivity index (χ4n) is 2.80. The van der Waals surface area contributed by atoms with Crippen LogP contribution in [-0.4, -0.2) is 24.7 Å². The minimum atomic E-state index is -0.839. The summed E-state index contributed by atoms with van der Waals surface area (Å²) in [6.45, 7) is 7.54. The van der Waals surface area contributed by atoms with Gasteiger partial charge in [0, 0.05) is 19.3 Å². The molecule has 0 radical (unpaired) electrons. The summed E-state index contributed by atoms with van der Waals surface area (Å²) in [7, 11) is 0. The van der Waals surface area contributed by atoms with Crippen LogP contribution in [-0.2, 0) is 5.60 Å². The van der Waals surface area contributed by atoms with Crippen LogP contribution in [0.3, 0.4) is 0 Å². The Balaban J connectivity index is 2.01. The topological polar surface area (TPSA) is 24.7 Å². The van der Waals surface area contributed by atoms with E-state index in [0.29, 0.717) is 6.42 Å². The van der Waals surface area contributed by atoms with Crippen LogP contribution in [0.15, 0.2) is 30.3 Å². The quantitative estimate of drug-likeness (QED) is 0.800. The highest BCUT2D eigenvalue weighted by Gasteiger charge is 2.32. The first-order valence-corrected chi connectivity index (χ1v) is 7.70. The molecule has 1 aromatic carbocycles. The van der Waals surface area contributed by atoms with E-state index in [2.05, 4.69) is 25.7 Å². The van der Waals surface area contributed by atoms with Crippen molar-refractivity contribution in [1.29, 1.82) is 0 Å². The molecule has 108 valence electrons. The second-order valence-corrected chi connectivity index (χ2v) is 6.11. The van der Waals surface area contributed by atoms with Crippen LogP contribution < -0.4 is 4.90 Å². The number of likely N-dealkylation sites (tertiary alicyclic amines) is 1. The number of aliphatic hydroxyl groups is 1. The van der Waals surface area contributed by atoms with E-state index in [9.17, 15) is 5.11 Å². The lowest BCUT2D eigenvalue weighted by molar-refractivity contribution is -0.879. The molecule has 0 aliphatic carbocycles. The maximum atomic E-state index is 10.9. The third-order valence-electron chi connectivity index (χ3n) is 4.36. The summed E-state index contributed by atoms with van der Waals surface area (Å²) in [5.74, 6) is 6.62. The van der Waals surface area contributed by atoms with E-state index in [4.69, 9.17) is 0 Å². The lowest BCUT2D eigenvalue weighted by atomic mass is 9.81. The van der Waals surface area contributed by atoms with Gasteiger partial charge in [-0.3, -0.25) is 0 Å². The molecule has 0 spiro atoms. The maximum absolute atomic E-state index is 10.9. The van der Waals surface area contributed by atoms with Crippen LogP contribution >= 0.6 is 0 Å². The Morgan fingerprint density at radius 1 is 1.15 bits per heavy atom. The molecule has 1 aromatic rings. The third-order valence-corrected chi connectivity index (χ3v) is 4.36. The molecule has 1 fully saturated rings. The Morgan fingerprint density at radius 2 is 1.80 bits per heavy atom. The highest BCUT2D eigenvalue weighted by atomic mass is 16.3. The van der Waals surface area contributed by atoms with E-state index in [1.807, 2.05) is 30.3 Å². The standard InChI is InChI=1S/C18H25NO/c1-16(2)18(20,17-10-4-3-5-11-17)12-6-7-13-19-14-8-9-15-19/h3-5,10-11,16,20H,8-9,12-15H2,1-2H3/p+1/t18-/m1/s1. The zero-order chi connectivity index (χ0) is 14.4. The van der Waals surface area contributed by atoms with Crippen molar-refractivity contribution in [3.63, 3.8) is 0 Å². The summed E-state index contributed by atoms with van der Waals surface area (Å²) in [4.78, 5) is 1.59. The van der Waals surface area contributed by atoms with Gasteiger partial charge >= 0.3 is 0 Å². The number of quaternary nitrogens is 1. The van der Waals surface area contributed by atoms with E-state index < -0.39 is 5.60 Å². The molecule has 2 N–H and O–H groups in total. The first-order valence-electron chi connectivity index (χ1n) is 7.70. The summed E-state index contributed by atoms with van der Waals surface area (Å²) < 4.78 is 0. The number of rotatable bonds is 4. The average molecular weight is 272 g/mol. The van der Waals surface area contributed by atoms with Gasteiger partial charge in [0.2, 0.25) is 0 Å². The fourth-order valence-corrected chi connectivity index (χ4v) is 2.80. The normalized spacial score (nSPS) is 18.6. The number of hydrogen-bond donors (Lipinski definition) is 2. The molecule has 1 aliphatic heterocycles. The number of nitrogens with one attached hydrogen (secondary N) is 1. The number of benzene rings is 1. The van der Waals surface area contributed by atoms with Gasteiger partial charge in [-0.25, -0.2) is 0 Å². The lowest BCUT2D eigenvalue weighted by Crippen LogP contribution is -3.09. The van der Waals surface area contributed by atoms with Crippen LogP contribution in [0.2, 0.25) is 0 Å². The Kier molecular flexibility index (Phi) is 5.23. The van der Waals surface area contributed by atoms with Gasteiger partial charge in [0.25, 0.3) is 0 Å². The van der Waals surface area contributed by atoms with E-state index in [0.717, 1.165) is 12.1 Å². The monoisotopic (exact) mass is 272 g/mol. The molecular formula is C18H26NO+. The number of hydrogen-bond acceptors (Lipinski definition) is 1. The van der Waals surface area contributed by atoms with Crippen LogP contribution in [0, 0.1) is 17.8 Å². The Hall–Kier alpha value is -1.30. The Labute approximate surface area is 122 Å². The van der Waals surface area contributed by atoms with Crippen LogP contribution in [0.25, 0.3) is 0 Å².